The molecule has 0 unspecified atom stereocenters. The van der Waals surface area contributed by atoms with E-state index in [-0.39, 0.29) is 10.7 Å². The first-order chi connectivity index (χ1) is 5.66. The third-order valence-corrected chi connectivity index (χ3v) is 2.31. The molecule has 1 N–H and O–H groups in total. The van der Waals surface area contributed by atoms with E-state index in [0.29, 0.717) is 16.0 Å². The van der Waals surface area contributed by atoms with Crippen LogP contribution in [0.1, 0.15) is 5.82 Å². The van der Waals surface area contributed by atoms with Gasteiger partial charge in [-0.3, -0.25) is 4.79 Å². The van der Waals surface area contributed by atoms with Crippen LogP contribution >= 0.6 is 11.3 Å². The van der Waals surface area contributed by atoms with Crippen molar-refractivity contribution in [1.29, 1.82) is 0 Å². The summed E-state index contributed by atoms with van der Waals surface area (Å²) in [5.41, 5.74) is -0.280. The lowest BCUT2D eigenvalue weighted by Crippen LogP contribution is -2.07. The van der Waals surface area contributed by atoms with Gasteiger partial charge in [-0.2, -0.15) is 4.39 Å². The molecule has 0 atom stereocenters. The Morgan fingerprint density at radius 2 is 2.42 bits per heavy atom. The summed E-state index contributed by atoms with van der Waals surface area (Å²) in [6, 6.07) is 1.20. The predicted octanol–water partition coefficient (Wildman–Crippen LogP) is 1.43. The molecule has 2 aromatic rings. The molecule has 12 heavy (non-hydrogen) atoms. The van der Waals surface area contributed by atoms with Gasteiger partial charge in [-0.1, -0.05) is 11.3 Å². The third kappa shape index (κ3) is 1.02. The summed E-state index contributed by atoms with van der Waals surface area (Å²) >= 11 is 0.883. The van der Waals surface area contributed by atoms with Crippen molar-refractivity contribution in [2.24, 2.45) is 0 Å². The molecule has 0 aromatic carbocycles. The van der Waals surface area contributed by atoms with E-state index in [2.05, 4.69) is 9.97 Å². The zero-order valence-electron chi connectivity index (χ0n) is 6.22. The number of aromatic amines is 1. The number of halogens is 1. The highest BCUT2D eigenvalue weighted by atomic mass is 32.1. The Kier molecular flexibility index (Phi) is 1.47. The Morgan fingerprint density at radius 3 is 3.17 bits per heavy atom. The summed E-state index contributed by atoms with van der Waals surface area (Å²) in [6.45, 7) is 1.67. The van der Waals surface area contributed by atoms with Gasteiger partial charge in [0.25, 0.3) is 5.56 Å². The third-order valence-electron chi connectivity index (χ3n) is 1.49. The summed E-state index contributed by atoms with van der Waals surface area (Å²) in [7, 11) is 0. The highest BCUT2D eigenvalue weighted by Crippen LogP contribution is 2.18. The van der Waals surface area contributed by atoms with Crippen LogP contribution < -0.4 is 5.56 Å². The van der Waals surface area contributed by atoms with Gasteiger partial charge in [0.05, 0.1) is 5.39 Å². The maximum absolute atomic E-state index is 12.7. The van der Waals surface area contributed by atoms with Crippen LogP contribution in [0.25, 0.3) is 10.2 Å². The van der Waals surface area contributed by atoms with Crippen LogP contribution in [0.2, 0.25) is 0 Å². The molecule has 0 fully saturated rings. The summed E-state index contributed by atoms with van der Waals surface area (Å²) < 4.78 is 12.7. The summed E-state index contributed by atoms with van der Waals surface area (Å²) in [4.78, 5) is 18.1. The Bertz CT molecular complexity index is 488. The molecular weight excluding hydrogens is 179 g/mol. The zero-order chi connectivity index (χ0) is 8.72. The van der Waals surface area contributed by atoms with Gasteiger partial charge in [-0.05, 0) is 6.92 Å². The number of aromatic nitrogens is 2. The van der Waals surface area contributed by atoms with Crippen LogP contribution in [0.5, 0.6) is 0 Å². The fourth-order valence-electron chi connectivity index (χ4n) is 1.01. The molecular formula is C7H5FN2OS. The summed E-state index contributed by atoms with van der Waals surface area (Å²) in [5.74, 6) is 0.509. The number of aryl methyl sites for hydroxylation is 1. The topological polar surface area (TPSA) is 45.8 Å². The lowest BCUT2D eigenvalue weighted by Gasteiger charge is -1.89. The van der Waals surface area contributed by atoms with Crippen molar-refractivity contribution < 1.29 is 4.39 Å². The van der Waals surface area contributed by atoms with Crippen molar-refractivity contribution in [3.63, 3.8) is 0 Å². The quantitative estimate of drug-likeness (QED) is 0.673. The molecule has 0 bridgehead atoms. The van der Waals surface area contributed by atoms with Gasteiger partial charge in [-0.15, -0.1) is 0 Å². The second kappa shape index (κ2) is 2.38. The number of nitrogens with zero attached hydrogens (tertiary/aromatic N) is 1. The van der Waals surface area contributed by atoms with Crippen LogP contribution in [-0.2, 0) is 0 Å². The molecule has 3 nitrogen and oxygen atoms in total. The van der Waals surface area contributed by atoms with E-state index < -0.39 is 0 Å². The normalized spacial score (nSPS) is 10.8. The van der Waals surface area contributed by atoms with E-state index in [9.17, 15) is 9.18 Å². The van der Waals surface area contributed by atoms with Gasteiger partial charge >= 0.3 is 0 Å². The minimum Gasteiger partial charge on any atom is -0.310 e. The van der Waals surface area contributed by atoms with E-state index in [1.807, 2.05) is 0 Å². The number of thiophene rings is 1. The van der Waals surface area contributed by atoms with Gasteiger partial charge < -0.3 is 4.98 Å². The van der Waals surface area contributed by atoms with Crippen LogP contribution in [-0.4, -0.2) is 9.97 Å². The van der Waals surface area contributed by atoms with Gasteiger partial charge in [-0.25, -0.2) is 4.98 Å². The van der Waals surface area contributed by atoms with Crippen LogP contribution in [0.4, 0.5) is 4.39 Å². The average molecular weight is 184 g/mol. The SMILES string of the molecule is Cc1nc2sc(F)cc2c(=O)[nH]1. The molecule has 0 spiro atoms. The number of H-pyrrole nitrogens is 1. The number of fused-ring (bicyclic) bond motifs is 1. The predicted molar refractivity (Wildman–Crippen MR) is 44.9 cm³/mol. The van der Waals surface area contributed by atoms with Gasteiger partial charge in [0.1, 0.15) is 10.7 Å². The van der Waals surface area contributed by atoms with Gasteiger partial charge in [0, 0.05) is 6.07 Å². The summed E-state index contributed by atoms with van der Waals surface area (Å²) in [6.07, 6.45) is 0. The molecule has 0 radical (unpaired) electrons. The number of hydrogen-bond acceptors (Lipinski definition) is 3. The maximum atomic E-state index is 12.7. The molecule has 2 aromatic heterocycles. The first-order valence-corrected chi connectivity index (χ1v) is 4.14. The molecule has 0 aliphatic rings. The fraction of sp³-hybridized carbons (Fsp3) is 0.143. The van der Waals surface area contributed by atoms with Gasteiger partial charge in [0.15, 0.2) is 5.13 Å². The van der Waals surface area contributed by atoms with E-state index in [1.54, 1.807) is 6.92 Å². The monoisotopic (exact) mass is 184 g/mol. The number of nitrogens with one attached hydrogen (secondary N) is 1. The van der Waals surface area contributed by atoms with E-state index in [1.165, 1.54) is 6.07 Å². The Morgan fingerprint density at radius 1 is 1.67 bits per heavy atom. The van der Waals surface area contributed by atoms with Crippen LogP contribution in [0.15, 0.2) is 10.9 Å². The van der Waals surface area contributed by atoms with E-state index in [4.69, 9.17) is 0 Å². The molecule has 5 heteroatoms. The van der Waals surface area contributed by atoms with Crippen LogP contribution in [0.3, 0.4) is 0 Å². The first-order valence-electron chi connectivity index (χ1n) is 3.33. The minimum absolute atomic E-state index is 0.280. The summed E-state index contributed by atoms with van der Waals surface area (Å²) in [5, 5.41) is -0.0586. The molecule has 2 rings (SSSR count). The molecule has 2 heterocycles. The zero-order valence-corrected chi connectivity index (χ0v) is 7.04. The maximum Gasteiger partial charge on any atom is 0.259 e. The molecule has 0 aliphatic heterocycles. The van der Waals surface area contributed by atoms with Crippen molar-refractivity contribution in [1.82, 2.24) is 9.97 Å². The molecule has 62 valence electrons. The molecule has 0 aliphatic carbocycles. The molecule has 0 saturated heterocycles. The van der Waals surface area contributed by atoms with Crippen molar-refractivity contribution in [3.8, 4) is 0 Å². The highest BCUT2D eigenvalue weighted by Gasteiger charge is 2.05. The average Bonchev–Trinajstić information content (AvgIpc) is 2.29. The number of hydrogen-bond donors (Lipinski definition) is 1. The standard InChI is InChI=1S/C7H5FN2OS/c1-3-9-6(11)4-2-5(8)12-7(4)10-3/h2H,1H3,(H,9,10,11). The van der Waals surface area contributed by atoms with Crippen molar-refractivity contribution >= 4 is 21.6 Å². The van der Waals surface area contributed by atoms with Crippen molar-refractivity contribution in [3.05, 3.63) is 27.4 Å². The molecule has 0 amide bonds. The largest absolute Gasteiger partial charge is 0.310 e. The second-order valence-corrected chi connectivity index (χ2v) is 3.40. The van der Waals surface area contributed by atoms with Crippen molar-refractivity contribution in [2.75, 3.05) is 0 Å². The number of rotatable bonds is 0. The van der Waals surface area contributed by atoms with Gasteiger partial charge in [0.2, 0.25) is 0 Å². The highest BCUT2D eigenvalue weighted by molar-refractivity contribution is 7.17. The smallest absolute Gasteiger partial charge is 0.259 e. The Labute approximate surface area is 70.9 Å². The van der Waals surface area contributed by atoms with E-state index in [0.717, 1.165) is 11.3 Å². The Hall–Kier alpha value is -1.23. The van der Waals surface area contributed by atoms with Crippen molar-refractivity contribution in [2.45, 2.75) is 6.92 Å². The fourth-order valence-corrected chi connectivity index (χ4v) is 1.82. The lowest BCUT2D eigenvalue weighted by molar-refractivity contribution is 0.658. The first kappa shape index (κ1) is 7.42. The second-order valence-electron chi connectivity index (χ2n) is 2.42. The minimum atomic E-state index is -0.381. The molecule has 0 saturated carbocycles. The van der Waals surface area contributed by atoms with E-state index >= 15 is 0 Å². The van der Waals surface area contributed by atoms with Crippen LogP contribution in [0, 0.1) is 12.1 Å². The lowest BCUT2D eigenvalue weighted by atomic mass is 10.4. The Balaban J connectivity index is 2.98.